The average Bonchev–Trinajstić information content (AvgIpc) is 3.31. The van der Waals surface area contributed by atoms with Gasteiger partial charge in [-0.15, -0.1) is 6.58 Å². The number of hydrogen-bond acceptors (Lipinski definition) is 5. The van der Waals surface area contributed by atoms with Gasteiger partial charge in [0.25, 0.3) is 0 Å². The first kappa shape index (κ1) is 24.8. The zero-order valence-electron chi connectivity index (χ0n) is 20.0. The summed E-state index contributed by atoms with van der Waals surface area (Å²) in [5.41, 5.74) is 2.03. The largest absolute Gasteiger partial charge is 0.486 e. The zero-order chi connectivity index (χ0) is 22.9. The molecule has 0 aromatic heterocycles. The van der Waals surface area contributed by atoms with Gasteiger partial charge in [0.05, 0.1) is 6.10 Å². The van der Waals surface area contributed by atoms with E-state index >= 15 is 0 Å². The molecule has 3 unspecified atom stereocenters. The lowest BCUT2D eigenvalue weighted by atomic mass is 9.81. The second-order valence-corrected chi connectivity index (χ2v) is 9.65. The van der Waals surface area contributed by atoms with Gasteiger partial charge in [-0.2, -0.15) is 0 Å². The number of aliphatic hydroxyl groups is 1. The fraction of sp³-hybridized carbons (Fsp3) is 0.667. The van der Waals surface area contributed by atoms with Crippen LogP contribution in [0.3, 0.4) is 0 Å². The molecule has 2 aliphatic rings. The summed E-state index contributed by atoms with van der Waals surface area (Å²) in [5.74, 6) is 1.35. The molecule has 0 amide bonds. The number of allylic oxidation sites excluding steroid dienone is 1. The Bertz CT molecular complexity index is 756. The van der Waals surface area contributed by atoms with Crippen molar-refractivity contribution in [1.29, 1.82) is 0 Å². The first-order chi connectivity index (χ1) is 15.5. The Kier molecular flexibility index (Phi) is 9.61. The van der Waals surface area contributed by atoms with Crippen LogP contribution in [-0.4, -0.2) is 48.6 Å². The predicted molar refractivity (Wildman–Crippen MR) is 128 cm³/mol. The highest BCUT2D eigenvalue weighted by molar-refractivity contribution is 5.81. The summed E-state index contributed by atoms with van der Waals surface area (Å²) in [6.07, 6.45) is 7.65. The number of Topliss-reactive ketones (excluding diaryl/α,β-unsaturated/α-hetero) is 1. The highest BCUT2D eigenvalue weighted by atomic mass is 16.6. The molecule has 0 bridgehead atoms. The number of carbonyl (C=O) groups excluding carboxylic acids is 1. The number of aliphatic hydroxyl groups excluding tert-OH is 1. The van der Waals surface area contributed by atoms with E-state index in [1.165, 1.54) is 18.4 Å². The monoisotopic (exact) mass is 443 g/mol. The van der Waals surface area contributed by atoms with Crippen LogP contribution in [0.15, 0.2) is 30.4 Å². The van der Waals surface area contributed by atoms with Crippen molar-refractivity contribution in [3.05, 3.63) is 35.9 Å². The molecular formula is C27H41NO4. The molecule has 178 valence electrons. The maximum atomic E-state index is 13.1. The molecule has 0 radical (unpaired) electrons. The van der Waals surface area contributed by atoms with Gasteiger partial charge < -0.3 is 19.5 Å². The molecule has 3 rings (SSSR count). The molecule has 3 atom stereocenters. The van der Waals surface area contributed by atoms with Crippen molar-refractivity contribution >= 4 is 5.78 Å². The van der Waals surface area contributed by atoms with E-state index in [1.807, 2.05) is 25.1 Å². The van der Waals surface area contributed by atoms with Crippen molar-refractivity contribution in [3.8, 4) is 11.5 Å². The lowest BCUT2D eigenvalue weighted by Crippen LogP contribution is -2.36. The van der Waals surface area contributed by atoms with Crippen LogP contribution in [0.25, 0.3) is 0 Å². The minimum Gasteiger partial charge on any atom is -0.486 e. The van der Waals surface area contributed by atoms with Crippen molar-refractivity contribution in [2.24, 2.45) is 11.8 Å². The fourth-order valence-electron chi connectivity index (χ4n) is 4.83. The van der Waals surface area contributed by atoms with Crippen LogP contribution < -0.4 is 9.47 Å². The molecule has 0 aliphatic carbocycles. The van der Waals surface area contributed by atoms with Gasteiger partial charge >= 0.3 is 0 Å². The minimum atomic E-state index is -0.707. The van der Waals surface area contributed by atoms with Gasteiger partial charge in [-0.1, -0.05) is 31.4 Å². The molecule has 5 heteroatoms. The van der Waals surface area contributed by atoms with E-state index in [0.717, 1.165) is 63.1 Å². The molecule has 1 fully saturated rings. The van der Waals surface area contributed by atoms with Crippen molar-refractivity contribution in [2.75, 3.05) is 32.8 Å². The summed E-state index contributed by atoms with van der Waals surface area (Å²) in [4.78, 5) is 15.5. The van der Waals surface area contributed by atoms with Crippen LogP contribution in [-0.2, 0) is 4.79 Å². The predicted octanol–water partition coefficient (Wildman–Crippen LogP) is 5.33. The summed E-state index contributed by atoms with van der Waals surface area (Å²) in [6, 6.07) is 5.67. The summed E-state index contributed by atoms with van der Waals surface area (Å²) in [5, 5.41) is 11.4. The smallest absolute Gasteiger partial charge is 0.161 e. The third-order valence-corrected chi connectivity index (χ3v) is 6.91. The fourth-order valence-corrected chi connectivity index (χ4v) is 4.83. The normalized spacial score (nSPS) is 18.8. The Morgan fingerprint density at radius 1 is 1.06 bits per heavy atom. The van der Waals surface area contributed by atoms with E-state index in [2.05, 4.69) is 18.4 Å². The number of benzene rings is 1. The molecule has 5 nitrogen and oxygen atoms in total. The van der Waals surface area contributed by atoms with Crippen LogP contribution in [0.4, 0.5) is 0 Å². The van der Waals surface area contributed by atoms with Crippen LogP contribution in [0.5, 0.6) is 11.5 Å². The maximum absolute atomic E-state index is 13.1. The van der Waals surface area contributed by atoms with Crippen molar-refractivity contribution < 1.29 is 19.4 Å². The Labute approximate surface area is 193 Å². The lowest BCUT2D eigenvalue weighted by molar-refractivity contribution is -0.126. The summed E-state index contributed by atoms with van der Waals surface area (Å²) in [7, 11) is 0. The number of likely N-dealkylation sites (tertiary alicyclic amines) is 1. The van der Waals surface area contributed by atoms with Gasteiger partial charge in [0.15, 0.2) is 11.5 Å². The van der Waals surface area contributed by atoms with Crippen LogP contribution in [0, 0.1) is 11.8 Å². The van der Waals surface area contributed by atoms with Gasteiger partial charge in [-0.3, -0.25) is 4.79 Å². The Hall–Kier alpha value is -1.85. The molecule has 1 aromatic rings. The van der Waals surface area contributed by atoms with E-state index in [0.29, 0.717) is 25.4 Å². The molecule has 1 N–H and O–H groups in total. The van der Waals surface area contributed by atoms with E-state index in [1.54, 1.807) is 0 Å². The van der Waals surface area contributed by atoms with Crippen molar-refractivity contribution in [1.82, 2.24) is 4.90 Å². The standard InChI is InChI=1S/C27H41NO4/c1-20(2)10-6-4-5-7-11-24(29)21(3)23(19-28-14-8-9-15-28)27(30)22-12-13-25-26(18-22)32-17-16-31-25/h12-13,18,21,23,27,30H,1,4-11,14-17,19H2,2-3H3. The minimum absolute atomic E-state index is 0.133. The summed E-state index contributed by atoms with van der Waals surface area (Å²) < 4.78 is 11.3. The Balaban J connectivity index is 1.62. The number of carbonyl (C=O) groups is 1. The zero-order valence-corrected chi connectivity index (χ0v) is 20.0. The molecule has 2 heterocycles. The molecule has 32 heavy (non-hydrogen) atoms. The van der Waals surface area contributed by atoms with Gasteiger partial charge in [-0.05, 0) is 69.8 Å². The molecule has 0 saturated carbocycles. The Morgan fingerprint density at radius 3 is 2.41 bits per heavy atom. The van der Waals surface area contributed by atoms with E-state index in [-0.39, 0.29) is 17.6 Å². The number of unbranched alkanes of at least 4 members (excludes halogenated alkanes) is 3. The van der Waals surface area contributed by atoms with Crippen LogP contribution >= 0.6 is 0 Å². The molecule has 1 aromatic carbocycles. The van der Waals surface area contributed by atoms with Crippen LogP contribution in [0.2, 0.25) is 0 Å². The third-order valence-electron chi connectivity index (χ3n) is 6.91. The molecule has 1 saturated heterocycles. The van der Waals surface area contributed by atoms with E-state index in [9.17, 15) is 9.90 Å². The van der Waals surface area contributed by atoms with Crippen LogP contribution in [0.1, 0.15) is 76.9 Å². The first-order valence-corrected chi connectivity index (χ1v) is 12.4. The van der Waals surface area contributed by atoms with Gasteiger partial charge in [0.2, 0.25) is 0 Å². The second-order valence-electron chi connectivity index (χ2n) is 9.65. The van der Waals surface area contributed by atoms with Crippen molar-refractivity contribution in [2.45, 2.75) is 71.3 Å². The lowest BCUT2D eigenvalue weighted by Gasteiger charge is -2.32. The van der Waals surface area contributed by atoms with Crippen molar-refractivity contribution in [3.63, 3.8) is 0 Å². The topological polar surface area (TPSA) is 59.0 Å². The maximum Gasteiger partial charge on any atom is 0.161 e. The number of hydrogen-bond donors (Lipinski definition) is 1. The number of fused-ring (bicyclic) bond motifs is 1. The molecule has 2 aliphatic heterocycles. The van der Waals surface area contributed by atoms with Gasteiger partial charge in [0, 0.05) is 24.8 Å². The summed E-state index contributed by atoms with van der Waals surface area (Å²) in [6.45, 7) is 11.9. The van der Waals surface area contributed by atoms with E-state index < -0.39 is 6.10 Å². The molecule has 0 spiro atoms. The SMILES string of the molecule is C=C(C)CCCCCCC(=O)C(C)C(CN1CCCC1)C(O)c1ccc2c(c1)OCCO2. The number of ketones is 1. The highest BCUT2D eigenvalue weighted by Gasteiger charge is 2.33. The highest BCUT2D eigenvalue weighted by Crippen LogP contribution is 2.37. The Morgan fingerprint density at radius 2 is 1.72 bits per heavy atom. The summed E-state index contributed by atoms with van der Waals surface area (Å²) >= 11 is 0. The average molecular weight is 444 g/mol. The quantitative estimate of drug-likeness (QED) is 0.330. The first-order valence-electron chi connectivity index (χ1n) is 12.4. The third kappa shape index (κ3) is 7.08. The second kappa shape index (κ2) is 12.4. The molecular weight excluding hydrogens is 402 g/mol. The number of rotatable bonds is 13. The number of ether oxygens (including phenoxy) is 2. The van der Waals surface area contributed by atoms with Gasteiger partial charge in [-0.25, -0.2) is 0 Å². The van der Waals surface area contributed by atoms with Gasteiger partial charge in [0.1, 0.15) is 19.0 Å². The number of nitrogens with zero attached hydrogens (tertiary/aromatic N) is 1. The van der Waals surface area contributed by atoms with E-state index in [4.69, 9.17) is 9.47 Å².